The van der Waals surface area contributed by atoms with Crippen molar-refractivity contribution in [3.05, 3.63) is 11.3 Å². The number of nitriles is 1. The van der Waals surface area contributed by atoms with Gasteiger partial charge in [0.25, 0.3) is 0 Å². The third-order valence-corrected chi connectivity index (χ3v) is 1.24. The highest BCUT2D eigenvalue weighted by Gasteiger charge is 2.02. The highest BCUT2D eigenvalue weighted by atomic mass is 14.7. The summed E-state index contributed by atoms with van der Waals surface area (Å²) in [5.41, 5.74) is 2.13. The van der Waals surface area contributed by atoms with Crippen LogP contribution >= 0.6 is 0 Å². The molecule has 0 aromatic carbocycles. The Morgan fingerprint density at radius 2 is 1.75 bits per heavy atom. The average molecular weight is 163 g/mol. The Labute approximate surface area is 72.9 Å². The van der Waals surface area contributed by atoms with Gasteiger partial charge in [-0.2, -0.15) is 5.26 Å². The number of aliphatic imine (C=N–C) groups is 1. The number of allylic oxidation sites excluding steroid dienone is 2. The lowest BCUT2D eigenvalue weighted by atomic mass is 10.1. The topological polar surface area (TPSA) is 60.0 Å². The fourth-order valence-electron chi connectivity index (χ4n) is 0.827. The van der Waals surface area contributed by atoms with E-state index in [0.29, 0.717) is 11.3 Å². The molecule has 0 heterocycles. The fraction of sp³-hybridized carbons (Fsp3) is 0.444. The molecule has 0 saturated heterocycles. The van der Waals surface area contributed by atoms with E-state index in [1.54, 1.807) is 13.8 Å². The van der Waals surface area contributed by atoms with Gasteiger partial charge in [0.1, 0.15) is 6.07 Å². The highest BCUT2D eigenvalue weighted by Crippen LogP contribution is 2.06. The zero-order chi connectivity index (χ0) is 9.72. The number of hydrogen-bond acceptors (Lipinski definition) is 3. The molecule has 3 heteroatoms. The Kier molecular flexibility index (Phi) is 3.92. The van der Waals surface area contributed by atoms with Crippen molar-refractivity contribution in [3.8, 4) is 6.07 Å². The first kappa shape index (κ1) is 10.6. The predicted octanol–water partition coefficient (Wildman–Crippen LogP) is 2.30. The SMILES string of the molecule is CC(=N)/C(C#N)=C(/C)N=C(C)C. The molecule has 0 saturated carbocycles. The maximum Gasteiger partial charge on any atom is 0.103 e. The Morgan fingerprint density at radius 3 is 2.00 bits per heavy atom. The van der Waals surface area contributed by atoms with Crippen molar-refractivity contribution in [1.29, 1.82) is 10.7 Å². The van der Waals surface area contributed by atoms with Crippen LogP contribution in [0.5, 0.6) is 0 Å². The summed E-state index contributed by atoms with van der Waals surface area (Å²) >= 11 is 0. The molecule has 0 aliphatic heterocycles. The summed E-state index contributed by atoms with van der Waals surface area (Å²) in [5.74, 6) is 0. The first-order valence-corrected chi connectivity index (χ1v) is 3.67. The first-order chi connectivity index (χ1) is 5.49. The van der Waals surface area contributed by atoms with Crippen molar-refractivity contribution in [2.75, 3.05) is 0 Å². The van der Waals surface area contributed by atoms with E-state index in [4.69, 9.17) is 10.7 Å². The van der Waals surface area contributed by atoms with Crippen LogP contribution in [0.3, 0.4) is 0 Å². The molecule has 64 valence electrons. The van der Waals surface area contributed by atoms with Crippen LogP contribution in [-0.4, -0.2) is 11.4 Å². The Bertz CT molecular complexity index is 285. The summed E-state index contributed by atoms with van der Waals surface area (Å²) in [6.07, 6.45) is 0. The van der Waals surface area contributed by atoms with E-state index in [9.17, 15) is 0 Å². The molecule has 0 radical (unpaired) electrons. The van der Waals surface area contributed by atoms with E-state index >= 15 is 0 Å². The second-order valence-corrected chi connectivity index (χ2v) is 2.76. The molecule has 0 aliphatic rings. The Morgan fingerprint density at radius 1 is 1.25 bits per heavy atom. The van der Waals surface area contributed by atoms with E-state index in [1.165, 1.54) is 0 Å². The van der Waals surface area contributed by atoms with Gasteiger partial charge in [0.15, 0.2) is 0 Å². The van der Waals surface area contributed by atoms with Gasteiger partial charge in [-0.25, -0.2) is 0 Å². The largest absolute Gasteiger partial charge is 0.304 e. The van der Waals surface area contributed by atoms with Gasteiger partial charge < -0.3 is 5.41 Å². The number of nitrogens with zero attached hydrogens (tertiary/aromatic N) is 2. The van der Waals surface area contributed by atoms with Gasteiger partial charge >= 0.3 is 0 Å². The molecule has 0 aliphatic carbocycles. The van der Waals surface area contributed by atoms with Gasteiger partial charge in [-0.1, -0.05) is 0 Å². The summed E-state index contributed by atoms with van der Waals surface area (Å²) in [6.45, 7) is 7.04. The monoisotopic (exact) mass is 163 g/mol. The zero-order valence-corrected chi connectivity index (χ0v) is 7.89. The van der Waals surface area contributed by atoms with Crippen LogP contribution in [0, 0.1) is 16.7 Å². The predicted molar refractivity (Wildman–Crippen MR) is 50.5 cm³/mol. The van der Waals surface area contributed by atoms with Crippen molar-refractivity contribution >= 4 is 11.4 Å². The highest BCUT2D eigenvalue weighted by molar-refractivity contribution is 6.00. The third-order valence-electron chi connectivity index (χ3n) is 1.24. The standard InChI is InChI=1S/C9H13N3/c1-6(2)12-8(4)9(5-10)7(3)11/h11H,1-4H3/b9-8-,11-7?. The van der Waals surface area contributed by atoms with Crippen molar-refractivity contribution in [2.24, 2.45) is 4.99 Å². The Hall–Kier alpha value is -1.43. The van der Waals surface area contributed by atoms with Crippen molar-refractivity contribution in [3.63, 3.8) is 0 Å². The summed E-state index contributed by atoms with van der Waals surface area (Å²) in [4.78, 5) is 4.10. The van der Waals surface area contributed by atoms with Crippen LogP contribution in [0.25, 0.3) is 0 Å². The quantitative estimate of drug-likeness (QED) is 0.492. The molecule has 1 N–H and O–H groups in total. The summed E-state index contributed by atoms with van der Waals surface area (Å²) in [7, 11) is 0. The molecule has 0 atom stereocenters. The van der Waals surface area contributed by atoms with Crippen molar-refractivity contribution in [2.45, 2.75) is 27.7 Å². The molecule has 12 heavy (non-hydrogen) atoms. The van der Waals surface area contributed by atoms with Gasteiger partial charge in [0, 0.05) is 11.4 Å². The van der Waals surface area contributed by atoms with E-state index in [0.717, 1.165) is 5.71 Å². The fourth-order valence-corrected chi connectivity index (χ4v) is 0.827. The zero-order valence-electron chi connectivity index (χ0n) is 7.89. The molecule has 3 nitrogen and oxygen atoms in total. The van der Waals surface area contributed by atoms with Crippen LogP contribution in [-0.2, 0) is 0 Å². The molecule has 0 aromatic rings. The van der Waals surface area contributed by atoms with Gasteiger partial charge in [-0.15, -0.1) is 0 Å². The second-order valence-electron chi connectivity index (χ2n) is 2.76. The minimum Gasteiger partial charge on any atom is -0.304 e. The third kappa shape index (κ3) is 3.11. The lowest BCUT2D eigenvalue weighted by molar-refractivity contribution is 1.25. The first-order valence-electron chi connectivity index (χ1n) is 3.67. The molecule has 0 amide bonds. The van der Waals surface area contributed by atoms with E-state index < -0.39 is 0 Å². The lowest BCUT2D eigenvalue weighted by Crippen LogP contribution is -1.96. The number of rotatable bonds is 2. The maximum absolute atomic E-state index is 8.66. The average Bonchev–Trinajstić information content (AvgIpc) is 1.85. The van der Waals surface area contributed by atoms with E-state index in [-0.39, 0.29) is 5.71 Å². The van der Waals surface area contributed by atoms with Gasteiger partial charge in [-0.3, -0.25) is 4.99 Å². The van der Waals surface area contributed by atoms with Gasteiger partial charge in [0.05, 0.1) is 11.3 Å². The molecule has 0 bridgehead atoms. The Balaban J connectivity index is 5.03. The molecule has 0 aromatic heterocycles. The van der Waals surface area contributed by atoms with Crippen LogP contribution in [0.4, 0.5) is 0 Å². The number of nitrogens with one attached hydrogen (secondary N) is 1. The van der Waals surface area contributed by atoms with Crippen molar-refractivity contribution < 1.29 is 0 Å². The van der Waals surface area contributed by atoms with Crippen LogP contribution in [0.1, 0.15) is 27.7 Å². The van der Waals surface area contributed by atoms with Crippen LogP contribution < -0.4 is 0 Å². The molecule has 0 spiro atoms. The van der Waals surface area contributed by atoms with E-state index in [1.807, 2.05) is 19.9 Å². The molecule has 0 fully saturated rings. The lowest BCUT2D eigenvalue weighted by Gasteiger charge is -1.98. The van der Waals surface area contributed by atoms with Gasteiger partial charge in [-0.05, 0) is 27.7 Å². The molecule has 0 unspecified atom stereocenters. The second kappa shape index (κ2) is 4.45. The van der Waals surface area contributed by atoms with Crippen molar-refractivity contribution in [1.82, 2.24) is 0 Å². The van der Waals surface area contributed by atoms with Crippen LogP contribution in [0.2, 0.25) is 0 Å². The number of hydrogen-bond donors (Lipinski definition) is 1. The molecule has 0 rings (SSSR count). The molecular weight excluding hydrogens is 150 g/mol. The summed E-state index contributed by atoms with van der Waals surface area (Å²) in [5, 5.41) is 15.9. The minimum atomic E-state index is 0.264. The maximum atomic E-state index is 8.66. The normalized spacial score (nSPS) is 11.2. The summed E-state index contributed by atoms with van der Waals surface area (Å²) in [6, 6.07) is 1.95. The van der Waals surface area contributed by atoms with Gasteiger partial charge in [0.2, 0.25) is 0 Å². The van der Waals surface area contributed by atoms with Crippen LogP contribution in [0.15, 0.2) is 16.3 Å². The minimum absolute atomic E-state index is 0.264. The van der Waals surface area contributed by atoms with E-state index in [2.05, 4.69) is 4.99 Å². The molecular formula is C9H13N3. The summed E-state index contributed by atoms with van der Waals surface area (Å²) < 4.78 is 0. The smallest absolute Gasteiger partial charge is 0.103 e.